The summed E-state index contributed by atoms with van der Waals surface area (Å²) in [7, 11) is -3.70. The van der Waals surface area contributed by atoms with Crippen molar-refractivity contribution in [1.82, 2.24) is 9.62 Å². The van der Waals surface area contributed by atoms with Gasteiger partial charge in [-0.2, -0.15) is 4.31 Å². The Balaban J connectivity index is 1.29. The second-order valence-electron chi connectivity index (χ2n) is 10.9. The summed E-state index contributed by atoms with van der Waals surface area (Å²) in [6.45, 7) is 4.88. The quantitative estimate of drug-likeness (QED) is 0.689. The molecule has 7 nitrogen and oxygen atoms in total. The minimum atomic E-state index is -3.70. The average Bonchev–Trinajstić information content (AvgIpc) is 3.62. The molecule has 4 aliphatic rings. The van der Waals surface area contributed by atoms with E-state index in [0.29, 0.717) is 25.3 Å². The Morgan fingerprint density at radius 2 is 1.74 bits per heavy atom. The third-order valence-electron chi connectivity index (χ3n) is 8.26. The summed E-state index contributed by atoms with van der Waals surface area (Å²) in [5.74, 6) is 0.458. The van der Waals surface area contributed by atoms with Crippen LogP contribution in [0.5, 0.6) is 0 Å². The SMILES string of the molecule is C[C@@H]1CCCC[C@@H]1NC(=O)[C@H]1CCCN(S(=O)(=O)c2ccc3c(c2)C[C@H](C)N3C(=O)C2CC2)C1. The zero-order valence-corrected chi connectivity index (χ0v) is 21.1. The Hall–Kier alpha value is -1.93. The van der Waals surface area contributed by atoms with Gasteiger partial charge in [-0.15, -0.1) is 0 Å². The number of hydrogen-bond acceptors (Lipinski definition) is 4. The van der Waals surface area contributed by atoms with Gasteiger partial charge in [-0.25, -0.2) is 8.42 Å². The molecule has 1 saturated heterocycles. The molecule has 4 atom stereocenters. The lowest BCUT2D eigenvalue weighted by Crippen LogP contribution is -2.49. The van der Waals surface area contributed by atoms with Gasteiger partial charge in [0.1, 0.15) is 0 Å². The molecule has 3 fully saturated rings. The molecule has 186 valence electrons. The van der Waals surface area contributed by atoms with E-state index in [2.05, 4.69) is 12.2 Å². The molecule has 2 aliphatic heterocycles. The minimum absolute atomic E-state index is 0.00402. The van der Waals surface area contributed by atoms with Gasteiger partial charge in [0.05, 0.1) is 10.8 Å². The van der Waals surface area contributed by atoms with E-state index >= 15 is 0 Å². The molecule has 8 heteroatoms. The third kappa shape index (κ3) is 4.51. The van der Waals surface area contributed by atoms with E-state index in [1.165, 1.54) is 10.7 Å². The van der Waals surface area contributed by atoms with E-state index in [4.69, 9.17) is 0 Å². The number of nitrogens with zero attached hydrogens (tertiary/aromatic N) is 2. The van der Waals surface area contributed by atoms with E-state index in [1.54, 1.807) is 18.2 Å². The van der Waals surface area contributed by atoms with Crippen molar-refractivity contribution in [1.29, 1.82) is 0 Å². The van der Waals surface area contributed by atoms with Crippen molar-refractivity contribution >= 4 is 27.5 Å². The summed E-state index contributed by atoms with van der Waals surface area (Å²) in [5, 5.41) is 3.22. The van der Waals surface area contributed by atoms with E-state index in [-0.39, 0.29) is 47.2 Å². The molecule has 0 unspecified atom stereocenters. The van der Waals surface area contributed by atoms with Crippen LogP contribution in [-0.4, -0.2) is 49.7 Å². The van der Waals surface area contributed by atoms with Crippen LogP contribution in [0.4, 0.5) is 5.69 Å². The number of hydrogen-bond donors (Lipinski definition) is 1. The average molecular weight is 488 g/mol. The zero-order valence-electron chi connectivity index (χ0n) is 20.3. The van der Waals surface area contributed by atoms with Crippen molar-refractivity contribution in [2.75, 3.05) is 18.0 Å². The first-order valence-corrected chi connectivity index (χ1v) is 14.5. The zero-order chi connectivity index (χ0) is 24.0. The third-order valence-corrected chi connectivity index (χ3v) is 10.1. The number of piperidine rings is 1. The van der Waals surface area contributed by atoms with Crippen molar-refractivity contribution in [3.05, 3.63) is 23.8 Å². The van der Waals surface area contributed by atoms with Gasteiger partial charge in [0.15, 0.2) is 0 Å². The molecule has 1 aromatic carbocycles. The standard InChI is InChI=1S/C26H37N3O4S/c1-17-6-3-4-8-23(17)27-25(30)20-7-5-13-28(16-20)34(32,33)22-11-12-24-21(15-22)14-18(2)29(24)26(31)19-9-10-19/h11-12,15,17-20,23H,3-10,13-14,16H2,1-2H3,(H,27,30)/t17-,18+,20+,23+/m1/s1. The van der Waals surface area contributed by atoms with Crippen LogP contribution in [0, 0.1) is 17.8 Å². The van der Waals surface area contributed by atoms with Gasteiger partial charge >= 0.3 is 0 Å². The second kappa shape index (κ2) is 9.26. The molecule has 0 spiro atoms. The number of rotatable bonds is 5. The maximum atomic E-state index is 13.5. The van der Waals surface area contributed by atoms with Gasteiger partial charge in [0.2, 0.25) is 21.8 Å². The fourth-order valence-corrected chi connectivity index (χ4v) is 7.56. The molecular weight excluding hydrogens is 450 g/mol. The predicted molar refractivity (Wildman–Crippen MR) is 131 cm³/mol. The number of carbonyl (C=O) groups is 2. The van der Waals surface area contributed by atoms with Gasteiger partial charge in [0, 0.05) is 36.8 Å². The van der Waals surface area contributed by atoms with Crippen LogP contribution in [-0.2, 0) is 26.0 Å². The van der Waals surface area contributed by atoms with Crippen molar-refractivity contribution in [2.45, 2.75) is 88.6 Å². The van der Waals surface area contributed by atoms with Crippen LogP contribution in [0.3, 0.4) is 0 Å². The molecule has 1 N–H and O–H groups in total. The highest BCUT2D eigenvalue weighted by Gasteiger charge is 2.40. The number of anilines is 1. The lowest BCUT2D eigenvalue weighted by molar-refractivity contribution is -0.127. The summed E-state index contributed by atoms with van der Waals surface area (Å²) >= 11 is 0. The number of amides is 2. The Labute approximate surface area is 203 Å². The van der Waals surface area contributed by atoms with Crippen LogP contribution in [0.15, 0.2) is 23.1 Å². The van der Waals surface area contributed by atoms with E-state index in [9.17, 15) is 18.0 Å². The van der Waals surface area contributed by atoms with Crippen molar-refractivity contribution in [3.8, 4) is 0 Å². The van der Waals surface area contributed by atoms with Crippen LogP contribution >= 0.6 is 0 Å². The van der Waals surface area contributed by atoms with Gasteiger partial charge in [0.25, 0.3) is 0 Å². The predicted octanol–water partition coefficient (Wildman–Crippen LogP) is 3.47. The second-order valence-corrected chi connectivity index (χ2v) is 12.8. The normalized spacial score (nSPS) is 30.1. The molecule has 5 rings (SSSR count). The number of benzene rings is 1. The first-order valence-electron chi connectivity index (χ1n) is 13.0. The minimum Gasteiger partial charge on any atom is -0.353 e. The number of sulfonamides is 1. The maximum absolute atomic E-state index is 13.5. The fourth-order valence-electron chi connectivity index (χ4n) is 5.99. The lowest BCUT2D eigenvalue weighted by Gasteiger charge is -2.34. The van der Waals surface area contributed by atoms with Gasteiger partial charge < -0.3 is 10.2 Å². The number of carbonyl (C=O) groups excluding carboxylic acids is 2. The monoisotopic (exact) mass is 487 g/mol. The molecular formula is C26H37N3O4S. The van der Waals surface area contributed by atoms with Crippen LogP contribution in [0.25, 0.3) is 0 Å². The van der Waals surface area contributed by atoms with Crippen molar-refractivity contribution in [2.24, 2.45) is 17.8 Å². The van der Waals surface area contributed by atoms with E-state index < -0.39 is 10.0 Å². The summed E-state index contributed by atoms with van der Waals surface area (Å²) in [5.41, 5.74) is 1.76. The fraction of sp³-hybridized carbons (Fsp3) is 0.692. The Morgan fingerprint density at radius 3 is 2.47 bits per heavy atom. The van der Waals surface area contributed by atoms with Gasteiger partial charge in [-0.05, 0) is 81.5 Å². The molecule has 34 heavy (non-hydrogen) atoms. The highest BCUT2D eigenvalue weighted by atomic mass is 32.2. The van der Waals surface area contributed by atoms with Crippen LogP contribution < -0.4 is 10.2 Å². The molecule has 0 radical (unpaired) electrons. The molecule has 2 heterocycles. The Kier molecular flexibility index (Phi) is 6.48. The smallest absolute Gasteiger partial charge is 0.243 e. The van der Waals surface area contributed by atoms with Crippen molar-refractivity contribution in [3.63, 3.8) is 0 Å². The maximum Gasteiger partial charge on any atom is 0.243 e. The molecule has 2 amide bonds. The topological polar surface area (TPSA) is 86.8 Å². The van der Waals surface area contributed by atoms with Crippen molar-refractivity contribution < 1.29 is 18.0 Å². The number of nitrogens with one attached hydrogen (secondary N) is 1. The highest BCUT2D eigenvalue weighted by Crippen LogP contribution is 2.40. The molecule has 2 aliphatic carbocycles. The lowest BCUT2D eigenvalue weighted by atomic mass is 9.85. The molecule has 0 bridgehead atoms. The highest BCUT2D eigenvalue weighted by molar-refractivity contribution is 7.89. The summed E-state index contributed by atoms with van der Waals surface area (Å²) in [6.07, 6.45) is 8.48. The van der Waals surface area contributed by atoms with Gasteiger partial charge in [-0.3, -0.25) is 9.59 Å². The Morgan fingerprint density at radius 1 is 0.971 bits per heavy atom. The molecule has 0 aromatic heterocycles. The summed E-state index contributed by atoms with van der Waals surface area (Å²) < 4.78 is 28.5. The van der Waals surface area contributed by atoms with Crippen LogP contribution in [0.1, 0.15) is 70.8 Å². The first-order chi connectivity index (χ1) is 16.3. The molecule has 1 aromatic rings. The summed E-state index contributed by atoms with van der Waals surface area (Å²) in [6, 6.07) is 5.42. The largest absolute Gasteiger partial charge is 0.353 e. The number of fused-ring (bicyclic) bond motifs is 1. The first kappa shape index (κ1) is 23.8. The van der Waals surface area contributed by atoms with Crippen LogP contribution in [0.2, 0.25) is 0 Å². The van der Waals surface area contributed by atoms with Gasteiger partial charge in [-0.1, -0.05) is 19.8 Å². The molecule has 2 saturated carbocycles. The van der Waals surface area contributed by atoms with E-state index in [1.807, 2.05) is 11.8 Å². The summed E-state index contributed by atoms with van der Waals surface area (Å²) in [4.78, 5) is 27.9. The van der Waals surface area contributed by atoms with E-state index in [0.717, 1.165) is 49.8 Å². The Bertz CT molecular complexity index is 1070.